The van der Waals surface area contributed by atoms with Gasteiger partial charge in [0.25, 0.3) is 0 Å². The lowest BCUT2D eigenvalue weighted by molar-refractivity contribution is -0.141. The molecule has 8 nitrogen and oxygen atoms in total. The Balaban J connectivity index is 2.70. The van der Waals surface area contributed by atoms with Crippen LogP contribution in [0.2, 0.25) is 0 Å². The van der Waals surface area contributed by atoms with E-state index in [1.54, 1.807) is 0 Å². The number of urea groups is 1. The summed E-state index contributed by atoms with van der Waals surface area (Å²) in [5, 5.41) is 20.7. The molecule has 2 atom stereocenters. The first-order chi connectivity index (χ1) is 8.36. The maximum Gasteiger partial charge on any atom is 0.326 e. The van der Waals surface area contributed by atoms with Crippen LogP contribution in [0.4, 0.5) is 4.79 Å². The van der Waals surface area contributed by atoms with Crippen molar-refractivity contribution in [3.05, 3.63) is 0 Å². The molecule has 1 aliphatic heterocycles. The molecule has 8 heteroatoms. The summed E-state index contributed by atoms with van der Waals surface area (Å²) in [7, 11) is 2.85. The highest BCUT2D eigenvalue weighted by Crippen LogP contribution is 2.19. The second-order valence-corrected chi connectivity index (χ2v) is 4.21. The average Bonchev–Trinajstić information content (AvgIpc) is 2.70. The van der Waals surface area contributed by atoms with Gasteiger partial charge in [0.15, 0.2) is 0 Å². The molecule has 102 valence electrons. The van der Waals surface area contributed by atoms with Crippen molar-refractivity contribution in [2.45, 2.75) is 18.6 Å². The number of likely N-dealkylation sites (N-methyl/N-ethyl adjacent to an activating group) is 2. The molecule has 1 heterocycles. The minimum atomic E-state index is -1.16. The van der Waals surface area contributed by atoms with Crippen molar-refractivity contribution in [2.24, 2.45) is 0 Å². The lowest BCUT2D eigenvalue weighted by Crippen LogP contribution is -2.49. The molecule has 0 spiro atoms. The summed E-state index contributed by atoms with van der Waals surface area (Å²) in [6.45, 7) is -0.192. The number of carboxylic acid groups (broad SMARTS) is 1. The zero-order valence-electron chi connectivity index (χ0n) is 10.3. The summed E-state index contributed by atoms with van der Waals surface area (Å²) in [6.07, 6.45) is -0.835. The molecular weight excluding hydrogens is 242 g/mol. The van der Waals surface area contributed by atoms with E-state index in [9.17, 15) is 19.5 Å². The molecule has 1 rings (SSSR count). The number of aliphatic carboxylic acids is 1. The largest absolute Gasteiger partial charge is 0.480 e. The molecule has 3 N–H and O–H groups in total. The fourth-order valence-electron chi connectivity index (χ4n) is 1.84. The van der Waals surface area contributed by atoms with Gasteiger partial charge < -0.3 is 25.3 Å². The predicted octanol–water partition coefficient (Wildman–Crippen LogP) is -1.70. The van der Waals surface area contributed by atoms with Gasteiger partial charge in [0.05, 0.1) is 6.10 Å². The summed E-state index contributed by atoms with van der Waals surface area (Å²) >= 11 is 0. The first-order valence-electron chi connectivity index (χ1n) is 5.50. The van der Waals surface area contributed by atoms with E-state index in [4.69, 9.17) is 5.11 Å². The summed E-state index contributed by atoms with van der Waals surface area (Å²) in [5.74, 6) is -1.51. The smallest absolute Gasteiger partial charge is 0.326 e. The summed E-state index contributed by atoms with van der Waals surface area (Å²) in [4.78, 5) is 36.2. The van der Waals surface area contributed by atoms with Gasteiger partial charge in [0.2, 0.25) is 5.91 Å². The van der Waals surface area contributed by atoms with E-state index in [1.165, 1.54) is 14.1 Å². The van der Waals surface area contributed by atoms with Crippen LogP contribution in [0.3, 0.4) is 0 Å². The number of likely N-dealkylation sites (tertiary alicyclic amines) is 1. The lowest BCUT2D eigenvalue weighted by atomic mass is 10.2. The van der Waals surface area contributed by atoms with E-state index in [1.807, 2.05) is 0 Å². The van der Waals surface area contributed by atoms with Gasteiger partial charge in [-0.25, -0.2) is 9.59 Å². The van der Waals surface area contributed by atoms with Gasteiger partial charge in [-0.05, 0) is 0 Å². The molecule has 0 aromatic rings. The normalized spacial score (nSPS) is 22.7. The number of nitrogens with zero attached hydrogens (tertiary/aromatic N) is 2. The van der Waals surface area contributed by atoms with E-state index in [0.717, 1.165) is 9.80 Å². The Morgan fingerprint density at radius 3 is 2.56 bits per heavy atom. The predicted molar refractivity (Wildman–Crippen MR) is 60.8 cm³/mol. The van der Waals surface area contributed by atoms with Crippen LogP contribution in [-0.2, 0) is 9.59 Å². The van der Waals surface area contributed by atoms with E-state index >= 15 is 0 Å². The Hall–Kier alpha value is -1.83. The molecule has 1 fully saturated rings. The van der Waals surface area contributed by atoms with Crippen LogP contribution in [-0.4, -0.2) is 77.3 Å². The van der Waals surface area contributed by atoms with Crippen molar-refractivity contribution in [1.82, 2.24) is 15.1 Å². The van der Waals surface area contributed by atoms with E-state index in [2.05, 4.69) is 5.32 Å². The second kappa shape index (κ2) is 5.67. The van der Waals surface area contributed by atoms with E-state index < -0.39 is 24.1 Å². The van der Waals surface area contributed by atoms with Crippen molar-refractivity contribution < 1.29 is 24.6 Å². The number of hydrogen-bond acceptors (Lipinski definition) is 4. The number of carboxylic acids is 1. The van der Waals surface area contributed by atoms with Crippen LogP contribution in [0.25, 0.3) is 0 Å². The number of β-amino-alcohol motifs (C(OH)–C–C–N with tert-alkyl or cyclic N) is 1. The van der Waals surface area contributed by atoms with Crippen molar-refractivity contribution >= 4 is 17.9 Å². The van der Waals surface area contributed by atoms with Gasteiger partial charge >= 0.3 is 12.0 Å². The van der Waals surface area contributed by atoms with Gasteiger partial charge in [-0.3, -0.25) is 4.79 Å². The molecule has 0 radical (unpaired) electrons. The van der Waals surface area contributed by atoms with E-state index in [-0.39, 0.29) is 25.4 Å². The number of hydrogen-bond donors (Lipinski definition) is 3. The number of nitrogens with one attached hydrogen (secondary N) is 1. The van der Waals surface area contributed by atoms with Crippen molar-refractivity contribution in [2.75, 3.05) is 27.2 Å². The fraction of sp³-hybridized carbons (Fsp3) is 0.700. The minimum absolute atomic E-state index is 0.00882. The van der Waals surface area contributed by atoms with Crippen LogP contribution < -0.4 is 5.32 Å². The van der Waals surface area contributed by atoms with Crippen LogP contribution in [0.5, 0.6) is 0 Å². The Morgan fingerprint density at radius 2 is 2.06 bits per heavy atom. The maximum absolute atomic E-state index is 12.0. The third-order valence-electron chi connectivity index (χ3n) is 2.80. The molecule has 0 aliphatic carbocycles. The topological polar surface area (TPSA) is 110 Å². The third-order valence-corrected chi connectivity index (χ3v) is 2.80. The van der Waals surface area contributed by atoms with Crippen LogP contribution in [0.15, 0.2) is 0 Å². The summed E-state index contributed by atoms with van der Waals surface area (Å²) in [6, 6.07) is -1.62. The van der Waals surface area contributed by atoms with Crippen molar-refractivity contribution in [1.29, 1.82) is 0 Å². The number of carbonyl (C=O) groups is 3. The first-order valence-corrected chi connectivity index (χ1v) is 5.50. The molecule has 0 aromatic carbocycles. The Bertz CT molecular complexity index is 359. The van der Waals surface area contributed by atoms with Gasteiger partial charge in [-0.2, -0.15) is 0 Å². The number of aliphatic hydroxyl groups is 1. The van der Waals surface area contributed by atoms with Gasteiger partial charge in [0, 0.05) is 27.1 Å². The second-order valence-electron chi connectivity index (χ2n) is 4.21. The quantitative estimate of drug-likeness (QED) is 0.560. The molecular formula is C10H17N3O5. The molecule has 1 aliphatic rings. The van der Waals surface area contributed by atoms with Gasteiger partial charge in [-0.1, -0.05) is 0 Å². The highest BCUT2D eigenvalue weighted by molar-refractivity contribution is 5.87. The number of rotatable bonds is 3. The zero-order valence-corrected chi connectivity index (χ0v) is 10.3. The molecule has 0 bridgehead atoms. The standard InChI is InChI=1S/C10H17N3O5/c1-11-8(15)5-12(2)10(18)13-4-6(14)3-7(13)9(16)17/h6-7,14H,3-5H2,1-2H3,(H,11,15)(H,16,17)/t6-,7+/m1/s1. The van der Waals surface area contributed by atoms with Gasteiger partial charge in [-0.15, -0.1) is 0 Å². The molecule has 0 unspecified atom stereocenters. The third kappa shape index (κ3) is 3.10. The maximum atomic E-state index is 12.0. The first kappa shape index (κ1) is 14.2. The van der Waals surface area contributed by atoms with Crippen LogP contribution in [0, 0.1) is 0 Å². The van der Waals surface area contributed by atoms with Crippen LogP contribution >= 0.6 is 0 Å². The Morgan fingerprint density at radius 1 is 1.44 bits per heavy atom. The van der Waals surface area contributed by atoms with Crippen molar-refractivity contribution in [3.63, 3.8) is 0 Å². The minimum Gasteiger partial charge on any atom is -0.480 e. The molecule has 1 saturated heterocycles. The fourth-order valence-corrected chi connectivity index (χ4v) is 1.84. The SMILES string of the molecule is CNC(=O)CN(C)C(=O)N1C[C@H](O)C[C@H]1C(=O)O. The molecule has 0 aromatic heterocycles. The molecule has 18 heavy (non-hydrogen) atoms. The summed E-state index contributed by atoms with van der Waals surface area (Å²) in [5.41, 5.74) is 0. The number of carbonyl (C=O) groups excluding carboxylic acids is 2. The average molecular weight is 259 g/mol. The lowest BCUT2D eigenvalue weighted by Gasteiger charge is -2.26. The van der Waals surface area contributed by atoms with Crippen LogP contribution in [0.1, 0.15) is 6.42 Å². The number of aliphatic hydroxyl groups excluding tert-OH is 1. The van der Waals surface area contributed by atoms with Gasteiger partial charge in [0.1, 0.15) is 12.6 Å². The van der Waals surface area contributed by atoms with E-state index in [0.29, 0.717) is 0 Å². The number of amides is 3. The Labute approximate surface area is 104 Å². The molecule has 0 saturated carbocycles. The van der Waals surface area contributed by atoms with Crippen molar-refractivity contribution in [3.8, 4) is 0 Å². The molecule has 3 amide bonds. The Kier molecular flexibility index (Phi) is 4.49. The highest BCUT2D eigenvalue weighted by atomic mass is 16.4. The zero-order chi connectivity index (χ0) is 13.9. The monoisotopic (exact) mass is 259 g/mol. The highest BCUT2D eigenvalue weighted by Gasteiger charge is 2.40. The summed E-state index contributed by atoms with van der Waals surface area (Å²) < 4.78 is 0.